The molecule has 1 aromatic carbocycles. The molecule has 13 heavy (non-hydrogen) atoms. The molecule has 0 atom stereocenters. The third-order valence-electron chi connectivity index (χ3n) is 1.55. The molecule has 0 radical (unpaired) electrons. The Bertz CT molecular complexity index is 286. The average molecular weight is 216 g/mol. The second-order valence-corrected chi connectivity index (χ2v) is 3.31. The van der Waals surface area contributed by atoms with E-state index in [1.54, 1.807) is 12.1 Å². The maximum absolute atomic E-state index is 10.8. The van der Waals surface area contributed by atoms with Crippen LogP contribution in [-0.2, 0) is 11.3 Å². The minimum absolute atomic E-state index is 0.0710. The lowest BCUT2D eigenvalue weighted by Gasteiger charge is -2.02. The number of hydrogen-bond donors (Lipinski definition) is 2. The largest absolute Gasteiger partial charge is 0.351 e. The molecule has 4 heteroatoms. The molecule has 0 aliphatic rings. The van der Waals surface area contributed by atoms with Gasteiger partial charge >= 0.3 is 0 Å². The van der Waals surface area contributed by atoms with Crippen LogP contribution in [0.3, 0.4) is 0 Å². The van der Waals surface area contributed by atoms with E-state index in [1.165, 1.54) is 0 Å². The molecule has 1 rings (SSSR count). The molecule has 0 unspecified atom stereocenters. The second kappa shape index (κ2) is 5.14. The van der Waals surface area contributed by atoms with Crippen LogP contribution < -0.4 is 5.32 Å². The summed E-state index contributed by atoms with van der Waals surface area (Å²) in [6.07, 6.45) is 0. The van der Waals surface area contributed by atoms with E-state index in [2.05, 4.69) is 17.9 Å². The Morgan fingerprint density at radius 1 is 1.38 bits per heavy atom. The minimum atomic E-state index is -0.0710. The van der Waals surface area contributed by atoms with Crippen molar-refractivity contribution in [3.8, 4) is 0 Å². The van der Waals surface area contributed by atoms with Crippen molar-refractivity contribution < 1.29 is 4.79 Å². The topological polar surface area (TPSA) is 29.1 Å². The average Bonchev–Trinajstić information content (AvgIpc) is 2.16. The van der Waals surface area contributed by atoms with Crippen molar-refractivity contribution in [1.29, 1.82) is 0 Å². The maximum atomic E-state index is 10.8. The highest BCUT2D eigenvalue weighted by Crippen LogP contribution is 2.08. The lowest BCUT2D eigenvalue weighted by Crippen LogP contribution is -2.23. The van der Waals surface area contributed by atoms with Crippen LogP contribution in [0.4, 0.5) is 0 Å². The highest BCUT2D eigenvalue weighted by atomic mass is 35.5. The van der Waals surface area contributed by atoms with Gasteiger partial charge in [-0.2, -0.15) is 12.6 Å². The molecule has 1 aromatic rings. The number of thiol groups is 1. The molecule has 0 aliphatic carbocycles. The molecule has 1 amide bonds. The fourth-order valence-corrected chi connectivity index (χ4v) is 1.10. The van der Waals surface area contributed by atoms with E-state index in [4.69, 9.17) is 11.6 Å². The summed E-state index contributed by atoms with van der Waals surface area (Å²) in [6.45, 7) is 0.524. The number of halogens is 1. The van der Waals surface area contributed by atoms with E-state index in [1.807, 2.05) is 12.1 Å². The van der Waals surface area contributed by atoms with Gasteiger partial charge in [-0.1, -0.05) is 23.7 Å². The van der Waals surface area contributed by atoms with E-state index in [0.717, 1.165) is 5.56 Å². The molecule has 70 valence electrons. The van der Waals surface area contributed by atoms with Crippen LogP contribution in [0.1, 0.15) is 5.56 Å². The van der Waals surface area contributed by atoms with Gasteiger partial charge in [0.25, 0.3) is 0 Å². The summed E-state index contributed by atoms with van der Waals surface area (Å²) in [5.41, 5.74) is 1.03. The van der Waals surface area contributed by atoms with E-state index in [0.29, 0.717) is 11.6 Å². The molecule has 0 bridgehead atoms. The van der Waals surface area contributed by atoms with Gasteiger partial charge in [-0.3, -0.25) is 4.79 Å². The van der Waals surface area contributed by atoms with Crippen LogP contribution in [0.25, 0.3) is 0 Å². The van der Waals surface area contributed by atoms with E-state index < -0.39 is 0 Å². The number of carbonyl (C=O) groups is 1. The summed E-state index contributed by atoms with van der Waals surface area (Å²) < 4.78 is 0. The van der Waals surface area contributed by atoms with Crippen LogP contribution in [0, 0.1) is 0 Å². The second-order valence-electron chi connectivity index (χ2n) is 2.56. The summed E-state index contributed by atoms with van der Waals surface area (Å²) in [7, 11) is 0. The molecule has 0 saturated heterocycles. The summed E-state index contributed by atoms with van der Waals surface area (Å²) >= 11 is 9.55. The molecular formula is C9H10ClNOS. The molecule has 1 N–H and O–H groups in total. The predicted molar refractivity (Wildman–Crippen MR) is 57.2 cm³/mol. The standard InChI is InChI=1S/C9H10ClNOS/c10-8-3-1-7(2-4-8)5-11-9(12)6-13/h1-4,13H,5-6H2,(H,11,12). The number of hydrogen-bond acceptors (Lipinski definition) is 2. The number of carbonyl (C=O) groups excluding carboxylic acids is 1. The molecule has 0 heterocycles. The van der Waals surface area contributed by atoms with Gasteiger partial charge < -0.3 is 5.32 Å². The van der Waals surface area contributed by atoms with Gasteiger partial charge in [-0.15, -0.1) is 0 Å². The van der Waals surface area contributed by atoms with Gasteiger partial charge in [0.1, 0.15) is 0 Å². The zero-order chi connectivity index (χ0) is 9.68. The quantitative estimate of drug-likeness (QED) is 0.741. The normalized spacial score (nSPS) is 9.69. The van der Waals surface area contributed by atoms with Crippen molar-refractivity contribution in [2.45, 2.75) is 6.54 Å². The first kappa shape index (κ1) is 10.4. The monoisotopic (exact) mass is 215 g/mol. The molecule has 2 nitrogen and oxygen atoms in total. The van der Waals surface area contributed by atoms with Gasteiger partial charge in [-0.05, 0) is 17.7 Å². The Morgan fingerprint density at radius 3 is 2.54 bits per heavy atom. The van der Waals surface area contributed by atoms with Crippen molar-refractivity contribution >= 4 is 30.1 Å². The summed E-state index contributed by atoms with van der Waals surface area (Å²) in [6, 6.07) is 7.34. The van der Waals surface area contributed by atoms with Crippen LogP contribution in [0.2, 0.25) is 5.02 Å². The van der Waals surface area contributed by atoms with Crippen molar-refractivity contribution in [2.24, 2.45) is 0 Å². The molecule has 0 fully saturated rings. The van der Waals surface area contributed by atoms with Crippen LogP contribution in [0.5, 0.6) is 0 Å². The van der Waals surface area contributed by atoms with Gasteiger partial charge in [-0.25, -0.2) is 0 Å². The third kappa shape index (κ3) is 3.70. The zero-order valence-corrected chi connectivity index (χ0v) is 8.61. The van der Waals surface area contributed by atoms with E-state index in [9.17, 15) is 4.79 Å². The Kier molecular flexibility index (Phi) is 4.12. The Balaban J connectivity index is 2.46. The maximum Gasteiger partial charge on any atom is 0.229 e. The van der Waals surface area contributed by atoms with E-state index >= 15 is 0 Å². The fourth-order valence-electron chi connectivity index (χ4n) is 0.859. The van der Waals surface area contributed by atoms with Gasteiger partial charge in [0.15, 0.2) is 0 Å². The number of nitrogens with one attached hydrogen (secondary N) is 1. The van der Waals surface area contributed by atoms with Crippen molar-refractivity contribution in [2.75, 3.05) is 5.75 Å². The fraction of sp³-hybridized carbons (Fsp3) is 0.222. The summed E-state index contributed by atoms with van der Waals surface area (Å²) in [5.74, 6) is 0.145. The van der Waals surface area contributed by atoms with Crippen molar-refractivity contribution in [3.05, 3.63) is 34.9 Å². The molecule has 0 spiro atoms. The van der Waals surface area contributed by atoms with Crippen molar-refractivity contribution in [3.63, 3.8) is 0 Å². The Morgan fingerprint density at radius 2 is 2.00 bits per heavy atom. The summed E-state index contributed by atoms with van der Waals surface area (Å²) in [5, 5.41) is 3.41. The molecule has 0 aromatic heterocycles. The minimum Gasteiger partial charge on any atom is -0.351 e. The first-order chi connectivity index (χ1) is 6.22. The summed E-state index contributed by atoms with van der Waals surface area (Å²) in [4.78, 5) is 10.8. The highest BCUT2D eigenvalue weighted by molar-refractivity contribution is 7.81. The van der Waals surface area contributed by atoms with E-state index in [-0.39, 0.29) is 11.7 Å². The van der Waals surface area contributed by atoms with Crippen LogP contribution in [0.15, 0.2) is 24.3 Å². The number of amides is 1. The lowest BCUT2D eigenvalue weighted by molar-refractivity contribution is -0.118. The SMILES string of the molecule is O=C(CS)NCc1ccc(Cl)cc1. The Hall–Kier alpha value is -0.670. The first-order valence-corrected chi connectivity index (χ1v) is 4.85. The van der Waals surface area contributed by atoms with Crippen LogP contribution in [-0.4, -0.2) is 11.7 Å². The molecule has 0 saturated carbocycles. The number of benzene rings is 1. The molecular weight excluding hydrogens is 206 g/mol. The van der Waals surface area contributed by atoms with Gasteiger partial charge in [0.05, 0.1) is 5.75 Å². The Labute approximate surface area is 87.7 Å². The lowest BCUT2D eigenvalue weighted by atomic mass is 10.2. The van der Waals surface area contributed by atoms with Gasteiger partial charge in [0, 0.05) is 11.6 Å². The van der Waals surface area contributed by atoms with Crippen LogP contribution >= 0.6 is 24.2 Å². The smallest absolute Gasteiger partial charge is 0.229 e. The predicted octanol–water partition coefficient (Wildman–Crippen LogP) is 1.89. The van der Waals surface area contributed by atoms with Crippen molar-refractivity contribution in [1.82, 2.24) is 5.32 Å². The third-order valence-corrected chi connectivity index (χ3v) is 2.09. The highest BCUT2D eigenvalue weighted by Gasteiger charge is 1.97. The zero-order valence-electron chi connectivity index (χ0n) is 6.96. The molecule has 0 aliphatic heterocycles. The van der Waals surface area contributed by atoms with Gasteiger partial charge in [0.2, 0.25) is 5.91 Å². The number of rotatable bonds is 3. The first-order valence-electron chi connectivity index (χ1n) is 3.84.